The first-order valence-corrected chi connectivity index (χ1v) is 5.03. The molecule has 0 N–H and O–H groups in total. The van der Waals surface area contributed by atoms with Crippen molar-refractivity contribution < 1.29 is 9.53 Å². The van der Waals surface area contributed by atoms with E-state index in [9.17, 15) is 4.79 Å². The number of nitrogens with zero attached hydrogens (tertiary/aromatic N) is 2. The van der Waals surface area contributed by atoms with Crippen LogP contribution in [-0.4, -0.2) is 23.9 Å². The number of rotatable bonds is 1. The van der Waals surface area contributed by atoms with Crippen molar-refractivity contribution in [3.63, 3.8) is 0 Å². The quantitative estimate of drug-likeness (QED) is 0.537. The Hall–Kier alpha value is -1.71. The van der Waals surface area contributed by atoms with Crippen molar-refractivity contribution in [1.29, 1.82) is 0 Å². The maximum absolute atomic E-state index is 11.7. The predicted octanol–water partition coefficient (Wildman–Crippen LogP) is 2.05. The van der Waals surface area contributed by atoms with E-state index in [-0.39, 0.29) is 11.8 Å². The molecule has 0 unspecified atom stereocenters. The molecule has 4 heteroatoms. The third-order valence-electron chi connectivity index (χ3n) is 1.92. The molecule has 1 heterocycles. The lowest BCUT2D eigenvalue weighted by Crippen LogP contribution is -2.20. The first-order chi connectivity index (χ1) is 7.45. The van der Waals surface area contributed by atoms with Crippen LogP contribution in [-0.2, 0) is 9.53 Å². The molecule has 0 radical (unpaired) electrons. The molecular formula is C12H16N2O2. The molecule has 0 saturated carbocycles. The van der Waals surface area contributed by atoms with Crippen LogP contribution >= 0.6 is 0 Å². The molecule has 1 aromatic rings. The van der Waals surface area contributed by atoms with Gasteiger partial charge in [0.2, 0.25) is 5.90 Å². The van der Waals surface area contributed by atoms with Gasteiger partial charge in [0.05, 0.1) is 7.11 Å². The largest absolute Gasteiger partial charge is 0.479 e. The first-order valence-electron chi connectivity index (χ1n) is 5.03. The van der Waals surface area contributed by atoms with E-state index in [1.807, 2.05) is 26.8 Å². The molecule has 1 amide bonds. The molecule has 0 spiro atoms. The SMILES string of the molecule is CO/C(=N\C(=O)C(C)(C)C)c1ccccn1. The zero-order valence-electron chi connectivity index (χ0n) is 10.0. The number of methoxy groups -OCH3 is 1. The molecule has 0 aliphatic carbocycles. The van der Waals surface area contributed by atoms with Gasteiger partial charge in [-0.05, 0) is 12.1 Å². The lowest BCUT2D eigenvalue weighted by Gasteiger charge is -2.13. The Labute approximate surface area is 95.4 Å². The van der Waals surface area contributed by atoms with Crippen molar-refractivity contribution in [2.75, 3.05) is 7.11 Å². The Kier molecular flexibility index (Phi) is 3.77. The predicted molar refractivity (Wildman–Crippen MR) is 62.2 cm³/mol. The highest BCUT2D eigenvalue weighted by molar-refractivity contribution is 6.01. The molecule has 0 aliphatic rings. The van der Waals surface area contributed by atoms with E-state index in [4.69, 9.17) is 4.74 Å². The minimum atomic E-state index is -0.515. The van der Waals surface area contributed by atoms with Crippen LogP contribution in [0, 0.1) is 5.41 Å². The van der Waals surface area contributed by atoms with Gasteiger partial charge in [0.25, 0.3) is 5.91 Å². The third-order valence-corrected chi connectivity index (χ3v) is 1.92. The van der Waals surface area contributed by atoms with Crippen LogP contribution in [0.15, 0.2) is 29.4 Å². The average Bonchev–Trinajstić information content (AvgIpc) is 2.25. The summed E-state index contributed by atoms with van der Waals surface area (Å²) in [5, 5.41) is 0. The standard InChI is InChI=1S/C12H16N2O2/c1-12(2,3)11(15)14-10(16-4)9-7-5-6-8-13-9/h5-8H,1-4H3/b14-10-. The molecule has 16 heavy (non-hydrogen) atoms. The van der Waals surface area contributed by atoms with Gasteiger partial charge in [-0.15, -0.1) is 0 Å². The molecule has 1 rings (SSSR count). The van der Waals surface area contributed by atoms with Crippen LogP contribution in [0.2, 0.25) is 0 Å². The van der Waals surface area contributed by atoms with Gasteiger partial charge in [-0.1, -0.05) is 26.8 Å². The van der Waals surface area contributed by atoms with E-state index in [1.54, 1.807) is 18.3 Å². The highest BCUT2D eigenvalue weighted by Gasteiger charge is 2.22. The van der Waals surface area contributed by atoms with E-state index < -0.39 is 5.41 Å². The van der Waals surface area contributed by atoms with Crippen molar-refractivity contribution in [3.05, 3.63) is 30.1 Å². The third kappa shape index (κ3) is 3.15. The second-order valence-electron chi connectivity index (χ2n) is 4.39. The van der Waals surface area contributed by atoms with Crippen molar-refractivity contribution in [3.8, 4) is 0 Å². The summed E-state index contributed by atoms with van der Waals surface area (Å²) in [6.07, 6.45) is 1.63. The summed E-state index contributed by atoms with van der Waals surface area (Å²) in [5.41, 5.74) is 0.0426. The number of aromatic nitrogens is 1. The highest BCUT2D eigenvalue weighted by Crippen LogP contribution is 2.15. The van der Waals surface area contributed by atoms with E-state index in [0.717, 1.165) is 0 Å². The van der Waals surface area contributed by atoms with Crippen molar-refractivity contribution in [2.24, 2.45) is 10.4 Å². The van der Waals surface area contributed by atoms with Gasteiger partial charge < -0.3 is 4.74 Å². The molecule has 4 nitrogen and oxygen atoms in total. The Morgan fingerprint density at radius 2 is 2.06 bits per heavy atom. The Morgan fingerprint density at radius 3 is 2.50 bits per heavy atom. The Bertz CT molecular complexity index is 391. The molecule has 0 bridgehead atoms. The number of hydrogen-bond donors (Lipinski definition) is 0. The fraction of sp³-hybridized carbons (Fsp3) is 0.417. The summed E-state index contributed by atoms with van der Waals surface area (Å²) in [6.45, 7) is 5.43. The molecule has 0 fully saturated rings. The minimum absolute atomic E-state index is 0.227. The summed E-state index contributed by atoms with van der Waals surface area (Å²) in [7, 11) is 1.48. The van der Waals surface area contributed by atoms with E-state index in [1.165, 1.54) is 7.11 Å². The van der Waals surface area contributed by atoms with Crippen molar-refractivity contribution >= 4 is 11.8 Å². The van der Waals surface area contributed by atoms with Gasteiger partial charge >= 0.3 is 0 Å². The van der Waals surface area contributed by atoms with Crippen LogP contribution in [0.5, 0.6) is 0 Å². The van der Waals surface area contributed by atoms with Gasteiger partial charge in [-0.3, -0.25) is 9.78 Å². The molecule has 0 aromatic carbocycles. The maximum Gasteiger partial charge on any atom is 0.254 e. The van der Waals surface area contributed by atoms with E-state index in [0.29, 0.717) is 5.69 Å². The van der Waals surface area contributed by atoms with E-state index >= 15 is 0 Å². The Morgan fingerprint density at radius 1 is 1.38 bits per heavy atom. The number of amides is 1. The molecule has 86 valence electrons. The van der Waals surface area contributed by atoms with Crippen LogP contribution in [0.1, 0.15) is 26.5 Å². The second kappa shape index (κ2) is 4.88. The van der Waals surface area contributed by atoms with Crippen LogP contribution in [0.4, 0.5) is 0 Å². The zero-order valence-corrected chi connectivity index (χ0v) is 10.0. The fourth-order valence-electron chi connectivity index (χ4n) is 0.957. The van der Waals surface area contributed by atoms with Gasteiger partial charge in [0, 0.05) is 11.6 Å². The van der Waals surface area contributed by atoms with Gasteiger partial charge in [-0.25, -0.2) is 0 Å². The average molecular weight is 220 g/mol. The molecule has 0 atom stereocenters. The summed E-state index contributed by atoms with van der Waals surface area (Å²) in [4.78, 5) is 19.7. The summed E-state index contributed by atoms with van der Waals surface area (Å²) >= 11 is 0. The van der Waals surface area contributed by atoms with Crippen molar-refractivity contribution in [1.82, 2.24) is 4.98 Å². The second-order valence-corrected chi connectivity index (χ2v) is 4.39. The number of pyridine rings is 1. The van der Waals surface area contributed by atoms with Crippen LogP contribution in [0.3, 0.4) is 0 Å². The number of hydrogen-bond acceptors (Lipinski definition) is 3. The normalized spacial score (nSPS) is 12.4. The van der Waals surface area contributed by atoms with Gasteiger partial charge in [-0.2, -0.15) is 4.99 Å². The summed E-state index contributed by atoms with van der Waals surface area (Å²) in [6, 6.07) is 5.36. The van der Waals surface area contributed by atoms with Gasteiger partial charge in [0.15, 0.2) is 0 Å². The van der Waals surface area contributed by atoms with Crippen LogP contribution in [0.25, 0.3) is 0 Å². The van der Waals surface area contributed by atoms with Crippen molar-refractivity contribution in [2.45, 2.75) is 20.8 Å². The first kappa shape index (κ1) is 12.4. The lowest BCUT2D eigenvalue weighted by molar-refractivity contribution is -0.124. The van der Waals surface area contributed by atoms with E-state index in [2.05, 4.69) is 9.98 Å². The maximum atomic E-state index is 11.7. The highest BCUT2D eigenvalue weighted by atomic mass is 16.5. The topological polar surface area (TPSA) is 51.5 Å². The minimum Gasteiger partial charge on any atom is -0.479 e. The number of carbonyl (C=O) groups is 1. The lowest BCUT2D eigenvalue weighted by atomic mass is 9.96. The Balaban J connectivity index is 3.00. The molecule has 0 saturated heterocycles. The fourth-order valence-corrected chi connectivity index (χ4v) is 0.957. The monoisotopic (exact) mass is 220 g/mol. The zero-order chi connectivity index (χ0) is 12.2. The van der Waals surface area contributed by atoms with Crippen LogP contribution < -0.4 is 0 Å². The number of aliphatic imine (C=N–C) groups is 1. The number of carbonyl (C=O) groups excluding carboxylic acids is 1. The summed E-state index contributed by atoms with van der Waals surface area (Å²) < 4.78 is 5.07. The van der Waals surface area contributed by atoms with Gasteiger partial charge in [0.1, 0.15) is 5.69 Å². The summed E-state index contributed by atoms with van der Waals surface area (Å²) in [5.74, 6) is 0.0236. The molecule has 0 aliphatic heterocycles. The smallest absolute Gasteiger partial charge is 0.254 e. The molecule has 1 aromatic heterocycles. The molecular weight excluding hydrogens is 204 g/mol. The number of ether oxygens (including phenoxy) is 1.